The van der Waals surface area contributed by atoms with Crippen molar-refractivity contribution in [2.75, 3.05) is 32.1 Å². The van der Waals surface area contributed by atoms with E-state index in [9.17, 15) is 4.79 Å². The number of nitrogens with zero attached hydrogens (tertiary/aromatic N) is 5. The molecule has 3 heterocycles. The lowest BCUT2D eigenvalue weighted by molar-refractivity contribution is -0.138. The van der Waals surface area contributed by atoms with Crippen molar-refractivity contribution in [3.63, 3.8) is 0 Å². The van der Waals surface area contributed by atoms with E-state index in [1.165, 1.54) is 0 Å². The van der Waals surface area contributed by atoms with Gasteiger partial charge in [0, 0.05) is 28.5 Å². The highest BCUT2D eigenvalue weighted by atomic mass is 79.9. The van der Waals surface area contributed by atoms with Gasteiger partial charge in [-0.15, -0.1) is 5.10 Å². The zero-order chi connectivity index (χ0) is 23.8. The summed E-state index contributed by atoms with van der Waals surface area (Å²) >= 11 is 3.60. The molecule has 2 aromatic carbocycles. The van der Waals surface area contributed by atoms with Crippen LogP contribution in [-0.2, 0) is 9.53 Å². The number of hydrogen-bond acceptors (Lipinski definition) is 7. The smallest absolute Gasteiger partial charge is 0.245 e. The fourth-order valence-corrected chi connectivity index (χ4v) is 4.56. The maximum absolute atomic E-state index is 13.1. The Hall–Kier alpha value is -3.24. The minimum absolute atomic E-state index is 0.00665. The molecule has 9 nitrogen and oxygen atoms in total. The van der Waals surface area contributed by atoms with Gasteiger partial charge < -0.3 is 19.7 Å². The topological polar surface area (TPSA) is 93.9 Å². The molecule has 1 saturated heterocycles. The average molecular weight is 525 g/mol. The number of anilines is 1. The largest absolute Gasteiger partial charge is 0.497 e. The van der Waals surface area contributed by atoms with Gasteiger partial charge >= 0.3 is 0 Å². The van der Waals surface area contributed by atoms with Crippen molar-refractivity contribution in [1.82, 2.24) is 24.5 Å². The van der Waals surface area contributed by atoms with E-state index in [1.54, 1.807) is 11.6 Å². The van der Waals surface area contributed by atoms with Crippen LogP contribution in [0.3, 0.4) is 0 Å². The molecule has 1 N–H and O–H groups in total. The zero-order valence-electron chi connectivity index (χ0n) is 19.2. The second-order valence-electron chi connectivity index (χ2n) is 8.30. The summed E-state index contributed by atoms with van der Waals surface area (Å²) in [5.41, 5.74) is 2.25. The van der Waals surface area contributed by atoms with Crippen molar-refractivity contribution in [3.05, 3.63) is 46.9 Å². The molecule has 4 aromatic rings. The van der Waals surface area contributed by atoms with E-state index in [1.807, 2.05) is 61.2 Å². The predicted octanol–water partition coefficient (Wildman–Crippen LogP) is 3.76. The van der Waals surface area contributed by atoms with Gasteiger partial charge in [0.1, 0.15) is 11.8 Å². The standard InChI is InChI=1S/C24H25BrN6O3/c1-14-13-30(11-12-34-14)23(32)15(2)26-24-27-20-18(5-4-6-19(20)25)22-28-21(29-31(22)24)16-7-9-17(33-3)10-8-16/h4-10,14-15H,11-13H2,1-3H3,(H,26,27)/t14-,15+/m0/s1. The Labute approximate surface area is 205 Å². The first-order valence-corrected chi connectivity index (χ1v) is 11.9. The fourth-order valence-electron chi connectivity index (χ4n) is 4.10. The summed E-state index contributed by atoms with van der Waals surface area (Å²) in [6.07, 6.45) is 0.0220. The summed E-state index contributed by atoms with van der Waals surface area (Å²) in [6.45, 7) is 5.49. The van der Waals surface area contributed by atoms with Gasteiger partial charge in [0.15, 0.2) is 11.5 Å². The van der Waals surface area contributed by atoms with Crippen LogP contribution in [0.2, 0.25) is 0 Å². The van der Waals surface area contributed by atoms with Crippen LogP contribution >= 0.6 is 15.9 Å². The first kappa shape index (κ1) is 22.5. The van der Waals surface area contributed by atoms with Gasteiger partial charge in [-0.05, 0) is 66.2 Å². The molecule has 0 radical (unpaired) electrons. The number of hydrogen-bond donors (Lipinski definition) is 1. The first-order chi connectivity index (χ1) is 16.4. The lowest BCUT2D eigenvalue weighted by Gasteiger charge is -2.33. The van der Waals surface area contributed by atoms with Crippen LogP contribution in [0.15, 0.2) is 46.9 Å². The molecule has 1 aliphatic rings. The van der Waals surface area contributed by atoms with Crippen molar-refractivity contribution >= 4 is 44.3 Å². The van der Waals surface area contributed by atoms with Crippen LogP contribution in [0.25, 0.3) is 27.9 Å². The summed E-state index contributed by atoms with van der Waals surface area (Å²) in [4.78, 5) is 24.6. The molecule has 34 heavy (non-hydrogen) atoms. The Balaban J connectivity index is 1.56. The molecular weight excluding hydrogens is 500 g/mol. The molecular formula is C24H25BrN6O3. The molecule has 1 amide bonds. The number of halogens is 1. The molecule has 0 spiro atoms. The van der Waals surface area contributed by atoms with Crippen LogP contribution in [0.1, 0.15) is 13.8 Å². The third-order valence-corrected chi connectivity index (χ3v) is 6.51. The highest BCUT2D eigenvalue weighted by Crippen LogP contribution is 2.29. The normalized spacial score (nSPS) is 17.2. The molecule has 2 aromatic heterocycles. The van der Waals surface area contributed by atoms with Gasteiger partial charge in [0.25, 0.3) is 0 Å². The van der Waals surface area contributed by atoms with Crippen LogP contribution in [0, 0.1) is 0 Å². The van der Waals surface area contributed by atoms with Crippen molar-refractivity contribution in [3.8, 4) is 17.1 Å². The molecule has 1 aliphatic heterocycles. The number of ether oxygens (including phenoxy) is 2. The third kappa shape index (κ3) is 4.19. The SMILES string of the molecule is COc1ccc(-c2nc3c4cccc(Br)c4nc(N[C@H](C)C(=O)N4CCO[C@@H](C)C4)n3n2)cc1. The quantitative estimate of drug-likeness (QED) is 0.424. The maximum atomic E-state index is 13.1. The third-order valence-electron chi connectivity index (χ3n) is 5.87. The average Bonchev–Trinajstić information content (AvgIpc) is 3.30. The maximum Gasteiger partial charge on any atom is 0.245 e. The first-order valence-electron chi connectivity index (χ1n) is 11.1. The Morgan fingerprint density at radius 2 is 2.03 bits per heavy atom. The van der Waals surface area contributed by atoms with Crippen LogP contribution in [0.4, 0.5) is 5.95 Å². The Kier molecular flexibility index (Phi) is 6.09. The van der Waals surface area contributed by atoms with Crippen LogP contribution in [-0.4, -0.2) is 69.3 Å². The number of methoxy groups -OCH3 is 1. The van der Waals surface area contributed by atoms with E-state index in [-0.39, 0.29) is 12.0 Å². The Bertz CT molecular complexity index is 1360. The van der Waals surface area contributed by atoms with E-state index in [0.717, 1.165) is 26.7 Å². The molecule has 2 atom stereocenters. The second kappa shape index (κ2) is 9.19. The van der Waals surface area contributed by atoms with E-state index in [4.69, 9.17) is 24.5 Å². The van der Waals surface area contributed by atoms with E-state index < -0.39 is 6.04 Å². The lowest BCUT2D eigenvalue weighted by atomic mass is 10.2. The van der Waals surface area contributed by atoms with Gasteiger partial charge in [-0.2, -0.15) is 4.52 Å². The van der Waals surface area contributed by atoms with Crippen molar-refractivity contribution < 1.29 is 14.3 Å². The number of carbonyl (C=O) groups excluding carboxylic acids is 1. The van der Waals surface area contributed by atoms with Gasteiger partial charge in [-0.1, -0.05) is 6.07 Å². The Morgan fingerprint density at radius 3 is 2.76 bits per heavy atom. The predicted molar refractivity (Wildman–Crippen MR) is 133 cm³/mol. The van der Waals surface area contributed by atoms with Gasteiger partial charge in [0.2, 0.25) is 11.9 Å². The molecule has 0 bridgehead atoms. The number of morpholine rings is 1. The van der Waals surface area contributed by atoms with Crippen LogP contribution in [0.5, 0.6) is 5.75 Å². The lowest BCUT2D eigenvalue weighted by Crippen LogP contribution is -2.49. The number of benzene rings is 2. The minimum Gasteiger partial charge on any atom is -0.497 e. The molecule has 0 unspecified atom stereocenters. The van der Waals surface area contributed by atoms with Crippen molar-refractivity contribution in [2.24, 2.45) is 0 Å². The minimum atomic E-state index is -0.505. The van der Waals surface area contributed by atoms with Gasteiger partial charge in [0.05, 0.1) is 25.3 Å². The number of carbonyl (C=O) groups is 1. The molecule has 176 valence electrons. The summed E-state index contributed by atoms with van der Waals surface area (Å²) in [5.74, 6) is 1.76. The van der Waals surface area contributed by atoms with Crippen LogP contribution < -0.4 is 10.1 Å². The number of aromatic nitrogens is 4. The number of fused-ring (bicyclic) bond motifs is 3. The summed E-state index contributed by atoms with van der Waals surface area (Å²) < 4.78 is 13.3. The van der Waals surface area contributed by atoms with Gasteiger partial charge in [-0.25, -0.2) is 9.97 Å². The second-order valence-corrected chi connectivity index (χ2v) is 9.16. The number of rotatable bonds is 5. The summed E-state index contributed by atoms with van der Waals surface area (Å²) in [5, 5.41) is 8.87. The Morgan fingerprint density at radius 1 is 1.24 bits per heavy atom. The van der Waals surface area contributed by atoms with E-state index in [2.05, 4.69) is 21.2 Å². The van der Waals surface area contributed by atoms with E-state index in [0.29, 0.717) is 37.1 Å². The summed E-state index contributed by atoms with van der Waals surface area (Å²) in [7, 11) is 1.63. The van der Waals surface area contributed by atoms with Gasteiger partial charge in [-0.3, -0.25) is 4.79 Å². The number of amides is 1. The molecule has 10 heteroatoms. The zero-order valence-corrected chi connectivity index (χ0v) is 20.7. The van der Waals surface area contributed by atoms with Crippen molar-refractivity contribution in [1.29, 1.82) is 0 Å². The monoisotopic (exact) mass is 524 g/mol. The van der Waals surface area contributed by atoms with E-state index >= 15 is 0 Å². The molecule has 0 saturated carbocycles. The summed E-state index contributed by atoms with van der Waals surface area (Å²) in [6, 6.07) is 12.9. The highest BCUT2D eigenvalue weighted by molar-refractivity contribution is 9.10. The molecule has 0 aliphatic carbocycles. The number of nitrogens with one attached hydrogen (secondary N) is 1. The highest BCUT2D eigenvalue weighted by Gasteiger charge is 2.27. The molecule has 1 fully saturated rings. The molecule has 5 rings (SSSR count). The van der Waals surface area contributed by atoms with Crippen molar-refractivity contribution in [2.45, 2.75) is 26.0 Å². The number of para-hydroxylation sites is 1. The fraction of sp³-hybridized carbons (Fsp3) is 0.333.